The minimum absolute atomic E-state index is 0.394. The van der Waals surface area contributed by atoms with Crippen LogP contribution in [-0.2, 0) is 11.2 Å². The minimum atomic E-state index is -0.394. The maximum atomic E-state index is 11.5. The van der Waals surface area contributed by atoms with Crippen LogP contribution < -0.4 is 4.74 Å². The first-order valence-electron chi connectivity index (χ1n) is 6.76. The van der Waals surface area contributed by atoms with Gasteiger partial charge < -0.3 is 9.47 Å². The molecule has 0 fully saturated rings. The Labute approximate surface area is 127 Å². The first-order valence-corrected chi connectivity index (χ1v) is 6.76. The molecule has 6 heteroatoms. The lowest BCUT2D eigenvalue weighted by molar-refractivity contribution is 0.0600. The second-order valence-corrected chi connectivity index (χ2v) is 4.77. The molecule has 112 valence electrons. The summed E-state index contributed by atoms with van der Waals surface area (Å²) < 4.78 is 11.4. The zero-order chi connectivity index (χ0) is 15.5. The zero-order valence-corrected chi connectivity index (χ0v) is 12.3. The standard InChI is InChI=1S/C16H15N3O3/c1-21-13-6-3-11(4-7-13)9-14-17-15-8-5-12(16(20)22-2)10-19(15)18-14/h3-8,10H,9H2,1-2H3. The molecule has 0 spiro atoms. The van der Waals surface area contributed by atoms with E-state index in [0.29, 0.717) is 23.5 Å². The largest absolute Gasteiger partial charge is 0.497 e. The number of esters is 1. The van der Waals surface area contributed by atoms with Crippen molar-refractivity contribution in [3.63, 3.8) is 0 Å². The van der Waals surface area contributed by atoms with Gasteiger partial charge in [-0.05, 0) is 29.8 Å². The Morgan fingerprint density at radius 2 is 1.91 bits per heavy atom. The number of carbonyl (C=O) groups is 1. The highest BCUT2D eigenvalue weighted by Crippen LogP contribution is 2.14. The number of methoxy groups -OCH3 is 2. The molecule has 2 heterocycles. The molecule has 0 aliphatic rings. The van der Waals surface area contributed by atoms with Gasteiger partial charge in [-0.25, -0.2) is 14.3 Å². The van der Waals surface area contributed by atoms with E-state index in [1.807, 2.05) is 24.3 Å². The van der Waals surface area contributed by atoms with E-state index >= 15 is 0 Å². The van der Waals surface area contributed by atoms with Gasteiger partial charge in [0.15, 0.2) is 11.5 Å². The number of ether oxygens (including phenoxy) is 2. The van der Waals surface area contributed by atoms with Crippen molar-refractivity contribution in [2.24, 2.45) is 0 Å². The first kappa shape index (κ1) is 14.1. The van der Waals surface area contributed by atoms with Crippen molar-refractivity contribution >= 4 is 11.6 Å². The van der Waals surface area contributed by atoms with Crippen LogP contribution in [0.1, 0.15) is 21.7 Å². The molecule has 0 saturated heterocycles. The van der Waals surface area contributed by atoms with Crippen LogP contribution in [0.15, 0.2) is 42.6 Å². The fourth-order valence-corrected chi connectivity index (χ4v) is 2.17. The van der Waals surface area contributed by atoms with Gasteiger partial charge in [0.2, 0.25) is 0 Å². The summed E-state index contributed by atoms with van der Waals surface area (Å²) in [4.78, 5) is 16.0. The fraction of sp³-hybridized carbons (Fsp3) is 0.188. The minimum Gasteiger partial charge on any atom is -0.497 e. The molecular formula is C16H15N3O3. The van der Waals surface area contributed by atoms with Crippen molar-refractivity contribution in [1.82, 2.24) is 14.6 Å². The molecule has 3 aromatic rings. The molecule has 3 rings (SSSR count). The summed E-state index contributed by atoms with van der Waals surface area (Å²) in [7, 11) is 2.99. The maximum absolute atomic E-state index is 11.5. The van der Waals surface area contributed by atoms with Crippen LogP contribution in [0.2, 0.25) is 0 Å². The van der Waals surface area contributed by atoms with Crippen molar-refractivity contribution in [2.45, 2.75) is 6.42 Å². The third-order valence-corrected chi connectivity index (χ3v) is 3.32. The van der Waals surface area contributed by atoms with Crippen LogP contribution in [0, 0.1) is 0 Å². The van der Waals surface area contributed by atoms with Gasteiger partial charge in [-0.3, -0.25) is 0 Å². The van der Waals surface area contributed by atoms with Gasteiger partial charge in [-0.2, -0.15) is 5.10 Å². The second-order valence-electron chi connectivity index (χ2n) is 4.77. The lowest BCUT2D eigenvalue weighted by atomic mass is 10.1. The van der Waals surface area contributed by atoms with Gasteiger partial charge >= 0.3 is 5.97 Å². The highest BCUT2D eigenvalue weighted by Gasteiger charge is 2.09. The molecule has 0 bridgehead atoms. The molecule has 0 amide bonds. The van der Waals surface area contributed by atoms with Crippen molar-refractivity contribution in [1.29, 1.82) is 0 Å². The topological polar surface area (TPSA) is 65.7 Å². The molecular weight excluding hydrogens is 282 g/mol. The quantitative estimate of drug-likeness (QED) is 0.690. The van der Waals surface area contributed by atoms with Crippen LogP contribution >= 0.6 is 0 Å². The van der Waals surface area contributed by atoms with E-state index in [1.165, 1.54) is 7.11 Å². The van der Waals surface area contributed by atoms with Gasteiger partial charge in [0.05, 0.1) is 19.8 Å². The Bertz CT molecular complexity index is 809. The van der Waals surface area contributed by atoms with E-state index in [4.69, 9.17) is 9.47 Å². The third kappa shape index (κ3) is 2.76. The van der Waals surface area contributed by atoms with E-state index in [2.05, 4.69) is 10.1 Å². The Morgan fingerprint density at radius 1 is 1.14 bits per heavy atom. The number of carbonyl (C=O) groups excluding carboxylic acids is 1. The molecule has 0 atom stereocenters. The van der Waals surface area contributed by atoms with E-state index < -0.39 is 5.97 Å². The molecule has 0 unspecified atom stereocenters. The Hall–Kier alpha value is -2.89. The number of hydrogen-bond acceptors (Lipinski definition) is 5. The molecule has 6 nitrogen and oxygen atoms in total. The molecule has 0 aliphatic carbocycles. The van der Waals surface area contributed by atoms with Gasteiger partial charge in [0.1, 0.15) is 5.75 Å². The molecule has 22 heavy (non-hydrogen) atoms. The van der Waals surface area contributed by atoms with Crippen LogP contribution in [-0.4, -0.2) is 34.8 Å². The van der Waals surface area contributed by atoms with Crippen molar-refractivity contribution in [2.75, 3.05) is 14.2 Å². The van der Waals surface area contributed by atoms with Crippen LogP contribution in [0.5, 0.6) is 5.75 Å². The Morgan fingerprint density at radius 3 is 2.59 bits per heavy atom. The number of nitrogens with zero attached hydrogens (tertiary/aromatic N) is 3. The van der Waals surface area contributed by atoms with Crippen LogP contribution in [0.3, 0.4) is 0 Å². The summed E-state index contributed by atoms with van der Waals surface area (Å²) in [6.45, 7) is 0. The summed E-state index contributed by atoms with van der Waals surface area (Å²) >= 11 is 0. The Balaban J connectivity index is 1.86. The summed E-state index contributed by atoms with van der Waals surface area (Å²) in [5.41, 5.74) is 2.22. The Kier molecular flexibility index (Phi) is 3.74. The predicted molar refractivity (Wildman–Crippen MR) is 80.1 cm³/mol. The fourth-order valence-electron chi connectivity index (χ4n) is 2.17. The van der Waals surface area contributed by atoms with Crippen molar-refractivity contribution in [3.05, 3.63) is 59.5 Å². The summed E-state index contributed by atoms with van der Waals surface area (Å²) in [6, 6.07) is 11.2. The zero-order valence-electron chi connectivity index (χ0n) is 12.3. The highest BCUT2D eigenvalue weighted by molar-refractivity contribution is 5.89. The van der Waals surface area contributed by atoms with E-state index in [1.54, 1.807) is 30.0 Å². The highest BCUT2D eigenvalue weighted by atomic mass is 16.5. The smallest absolute Gasteiger partial charge is 0.339 e. The van der Waals surface area contributed by atoms with Gasteiger partial charge in [0.25, 0.3) is 0 Å². The molecule has 2 aromatic heterocycles. The molecule has 0 N–H and O–H groups in total. The van der Waals surface area contributed by atoms with Crippen LogP contribution in [0.4, 0.5) is 0 Å². The van der Waals surface area contributed by atoms with Crippen molar-refractivity contribution < 1.29 is 14.3 Å². The number of benzene rings is 1. The summed E-state index contributed by atoms with van der Waals surface area (Å²) in [5.74, 6) is 1.11. The van der Waals surface area contributed by atoms with E-state index in [9.17, 15) is 4.79 Å². The normalized spacial score (nSPS) is 10.6. The second kappa shape index (κ2) is 5.85. The summed E-state index contributed by atoms with van der Waals surface area (Å²) in [6.07, 6.45) is 2.23. The van der Waals surface area contributed by atoms with Crippen LogP contribution in [0.25, 0.3) is 5.65 Å². The monoisotopic (exact) mass is 297 g/mol. The molecule has 0 radical (unpaired) electrons. The number of fused-ring (bicyclic) bond motifs is 1. The molecule has 1 aromatic carbocycles. The summed E-state index contributed by atoms with van der Waals surface area (Å²) in [5, 5.41) is 4.39. The van der Waals surface area contributed by atoms with E-state index in [-0.39, 0.29) is 0 Å². The maximum Gasteiger partial charge on any atom is 0.339 e. The SMILES string of the molecule is COC(=O)c1ccc2nc(Cc3ccc(OC)cc3)nn2c1. The van der Waals surface area contributed by atoms with Gasteiger partial charge in [-0.1, -0.05) is 12.1 Å². The number of rotatable bonds is 4. The average molecular weight is 297 g/mol. The van der Waals surface area contributed by atoms with Gasteiger partial charge in [0, 0.05) is 12.6 Å². The predicted octanol–water partition coefficient (Wildman–Crippen LogP) is 2.12. The lowest BCUT2D eigenvalue weighted by Gasteiger charge is -2.00. The average Bonchev–Trinajstić information content (AvgIpc) is 2.96. The van der Waals surface area contributed by atoms with Crippen molar-refractivity contribution in [3.8, 4) is 5.75 Å². The number of aromatic nitrogens is 3. The molecule has 0 aliphatic heterocycles. The number of hydrogen-bond donors (Lipinski definition) is 0. The molecule has 0 saturated carbocycles. The van der Waals surface area contributed by atoms with E-state index in [0.717, 1.165) is 11.3 Å². The number of pyridine rings is 1. The third-order valence-electron chi connectivity index (χ3n) is 3.32. The lowest BCUT2D eigenvalue weighted by Crippen LogP contribution is -2.03. The first-order chi connectivity index (χ1) is 10.7. The van der Waals surface area contributed by atoms with Gasteiger partial charge in [-0.15, -0.1) is 0 Å².